The average Bonchev–Trinajstić information content (AvgIpc) is 2.75. The van der Waals surface area contributed by atoms with Crippen molar-refractivity contribution in [1.29, 1.82) is 0 Å². The molecule has 0 heterocycles. The highest BCUT2D eigenvalue weighted by Gasteiger charge is 2.02. The van der Waals surface area contributed by atoms with Gasteiger partial charge in [0, 0.05) is 17.3 Å². The Labute approximate surface area is 220 Å². The topological polar surface area (TPSA) is 138 Å². The molecule has 11 heteroatoms. The van der Waals surface area contributed by atoms with E-state index >= 15 is 0 Å². The van der Waals surface area contributed by atoms with Crippen LogP contribution in [0.25, 0.3) is 0 Å². The summed E-state index contributed by atoms with van der Waals surface area (Å²) in [7, 11) is -4.37. The molecule has 0 saturated carbocycles. The van der Waals surface area contributed by atoms with Crippen LogP contribution in [0, 0.1) is 0 Å². The minimum Gasteiger partial charge on any atom is -0.396 e. The van der Waals surface area contributed by atoms with E-state index in [1.54, 1.807) is 0 Å². The van der Waals surface area contributed by atoms with Gasteiger partial charge in [-0.1, -0.05) is 129 Å². The van der Waals surface area contributed by atoms with Gasteiger partial charge in [0.15, 0.2) is 0 Å². The third kappa shape index (κ3) is 60.5. The Bertz CT molecular complexity index is 581. The fraction of sp³-hybridized carbons (Fsp3) is 1.00. The van der Waals surface area contributed by atoms with Crippen molar-refractivity contribution in [2.45, 2.75) is 142 Å². The highest BCUT2D eigenvalue weighted by molar-refractivity contribution is 8.09. The number of hydrogen-bond donors (Lipinski definition) is 3. The molecule has 0 atom stereocenters. The van der Waals surface area contributed by atoms with Gasteiger partial charge in [-0.15, -0.1) is 0 Å². The van der Waals surface area contributed by atoms with Crippen molar-refractivity contribution in [3.05, 3.63) is 0 Å². The lowest BCUT2D eigenvalue weighted by molar-refractivity contribution is 0.261. The molecule has 8 nitrogen and oxygen atoms in total. The standard InChI is InChI=1S/C12H26O4S.C12H26O.ClHO3S/c1-2-3-4-5-6-7-8-9-10-11-12-16-17(13,14)15;1-2-3-4-5-6-7-8-9-10-11-12-13;1-5(2,3)4/h2-12H2,1H3,(H,13,14,15);13H,2-12H2,1H3;(H,2,3,4). The van der Waals surface area contributed by atoms with Crippen LogP contribution < -0.4 is 0 Å². The van der Waals surface area contributed by atoms with Gasteiger partial charge in [0.05, 0.1) is 6.61 Å². The molecule has 0 bridgehead atoms. The normalized spacial score (nSPS) is 11.4. The van der Waals surface area contributed by atoms with Crippen LogP contribution in [0.4, 0.5) is 0 Å². The summed E-state index contributed by atoms with van der Waals surface area (Å²) in [5.74, 6) is 0. The fourth-order valence-electron chi connectivity index (χ4n) is 3.35. The first-order valence-corrected chi connectivity index (χ1v) is 17.0. The minimum absolute atomic E-state index is 0.0926. The summed E-state index contributed by atoms with van der Waals surface area (Å²) >= 11 is 0. The van der Waals surface area contributed by atoms with E-state index in [0.29, 0.717) is 13.0 Å². The monoisotopic (exact) mass is 568 g/mol. The molecule has 0 saturated heterocycles. The van der Waals surface area contributed by atoms with E-state index in [9.17, 15) is 8.42 Å². The van der Waals surface area contributed by atoms with Crippen molar-refractivity contribution in [3.63, 3.8) is 0 Å². The first-order chi connectivity index (χ1) is 16.5. The molecule has 0 aliphatic rings. The van der Waals surface area contributed by atoms with E-state index in [0.717, 1.165) is 19.3 Å². The van der Waals surface area contributed by atoms with Gasteiger partial charge in [-0.05, 0) is 12.8 Å². The van der Waals surface area contributed by atoms with Crippen molar-refractivity contribution in [3.8, 4) is 0 Å². The lowest BCUT2D eigenvalue weighted by Gasteiger charge is -2.02. The van der Waals surface area contributed by atoms with Crippen molar-refractivity contribution < 1.29 is 35.2 Å². The van der Waals surface area contributed by atoms with Gasteiger partial charge in [0.1, 0.15) is 0 Å². The third-order valence-corrected chi connectivity index (χ3v) is 5.71. The summed E-state index contributed by atoms with van der Waals surface area (Å²) in [5.41, 5.74) is 0. The number of hydrogen-bond acceptors (Lipinski definition) is 6. The molecule has 0 amide bonds. The van der Waals surface area contributed by atoms with Gasteiger partial charge >= 0.3 is 19.7 Å². The van der Waals surface area contributed by atoms with Crippen LogP contribution in [-0.4, -0.2) is 44.3 Å². The number of aliphatic hydroxyl groups is 1. The van der Waals surface area contributed by atoms with Gasteiger partial charge in [-0.25, -0.2) is 4.18 Å². The van der Waals surface area contributed by atoms with E-state index in [1.165, 1.54) is 103 Å². The summed E-state index contributed by atoms with van der Waals surface area (Å²) in [5, 5.41) is 8.57. The summed E-state index contributed by atoms with van der Waals surface area (Å²) < 4.78 is 58.2. The quantitative estimate of drug-likeness (QED) is 0.0687. The molecule has 0 aliphatic heterocycles. The average molecular weight is 569 g/mol. The third-order valence-electron chi connectivity index (χ3n) is 5.24. The van der Waals surface area contributed by atoms with Crippen molar-refractivity contribution in [2.75, 3.05) is 13.2 Å². The maximum absolute atomic E-state index is 10.2. The van der Waals surface area contributed by atoms with Crippen LogP contribution in [0.3, 0.4) is 0 Å². The zero-order valence-electron chi connectivity index (χ0n) is 22.1. The van der Waals surface area contributed by atoms with E-state index in [1.807, 2.05) is 0 Å². The number of unbranched alkanes of at least 4 members (excludes halogenated alkanes) is 18. The van der Waals surface area contributed by atoms with Gasteiger partial charge in [0.25, 0.3) is 0 Å². The molecular weight excluding hydrogens is 516 g/mol. The molecule has 35 heavy (non-hydrogen) atoms. The summed E-state index contributed by atoms with van der Waals surface area (Å²) in [4.78, 5) is 0. The van der Waals surface area contributed by atoms with Crippen molar-refractivity contribution in [1.82, 2.24) is 0 Å². The number of halogens is 1. The predicted octanol–water partition coefficient (Wildman–Crippen LogP) is 7.65. The molecular formula is C24H53ClO8S2. The van der Waals surface area contributed by atoms with Gasteiger partial charge < -0.3 is 5.11 Å². The van der Waals surface area contributed by atoms with Crippen molar-refractivity contribution in [2.24, 2.45) is 0 Å². The molecule has 0 fully saturated rings. The summed E-state index contributed by atoms with van der Waals surface area (Å²) in [6.45, 7) is 4.94. The van der Waals surface area contributed by atoms with Gasteiger partial charge in [-0.3, -0.25) is 9.11 Å². The molecule has 216 valence electrons. The minimum atomic E-state index is -4.23. The van der Waals surface area contributed by atoms with E-state index in [-0.39, 0.29) is 6.61 Å². The molecule has 0 radical (unpaired) electrons. The molecule has 0 aromatic rings. The maximum atomic E-state index is 10.2. The lowest BCUT2D eigenvalue weighted by atomic mass is 10.1. The summed E-state index contributed by atoms with van der Waals surface area (Å²) in [6.07, 6.45) is 25.2. The smallest absolute Gasteiger partial charge is 0.396 e. The van der Waals surface area contributed by atoms with Gasteiger partial charge in [0.2, 0.25) is 0 Å². The predicted molar refractivity (Wildman–Crippen MR) is 146 cm³/mol. The first-order valence-electron chi connectivity index (χ1n) is 13.4. The largest absolute Gasteiger partial charge is 0.397 e. The highest BCUT2D eigenvalue weighted by Crippen LogP contribution is 2.11. The Morgan fingerprint density at radius 3 is 1.06 bits per heavy atom. The van der Waals surface area contributed by atoms with Gasteiger partial charge in [-0.2, -0.15) is 16.8 Å². The SMILES string of the molecule is CCCCCCCCCCCCO.CCCCCCCCCCCCOS(=O)(=O)O.O=S(=O)(O)Cl. The van der Waals surface area contributed by atoms with Crippen LogP contribution in [-0.2, 0) is 23.9 Å². The number of aliphatic hydroxyl groups excluding tert-OH is 1. The maximum Gasteiger partial charge on any atom is 0.397 e. The van der Waals surface area contributed by atoms with Crippen LogP contribution >= 0.6 is 10.7 Å². The van der Waals surface area contributed by atoms with Crippen LogP contribution in [0.15, 0.2) is 0 Å². The Kier molecular flexibility index (Phi) is 34.2. The first kappa shape index (κ1) is 39.5. The Balaban J connectivity index is -0.000000502. The Hall–Kier alpha value is 0.0300. The van der Waals surface area contributed by atoms with Crippen LogP contribution in [0.1, 0.15) is 142 Å². The highest BCUT2D eigenvalue weighted by atomic mass is 35.7. The second-order valence-corrected chi connectivity index (χ2v) is 11.8. The van der Waals surface area contributed by atoms with E-state index in [4.69, 9.17) is 22.6 Å². The lowest BCUT2D eigenvalue weighted by Crippen LogP contribution is -2.04. The molecule has 0 aromatic heterocycles. The molecule has 0 aromatic carbocycles. The molecule has 0 aliphatic carbocycles. The number of rotatable bonds is 22. The fourth-order valence-corrected chi connectivity index (χ4v) is 3.68. The molecule has 0 rings (SSSR count). The molecule has 0 unspecified atom stereocenters. The van der Waals surface area contributed by atoms with E-state index < -0.39 is 19.7 Å². The second-order valence-electron chi connectivity index (χ2n) is 8.75. The molecule has 0 spiro atoms. The Morgan fingerprint density at radius 2 is 0.800 bits per heavy atom. The summed E-state index contributed by atoms with van der Waals surface area (Å²) in [6, 6.07) is 0. The Morgan fingerprint density at radius 1 is 0.543 bits per heavy atom. The van der Waals surface area contributed by atoms with Crippen LogP contribution in [0.2, 0.25) is 0 Å². The zero-order valence-corrected chi connectivity index (χ0v) is 24.5. The molecule has 3 N–H and O–H groups in total. The van der Waals surface area contributed by atoms with Crippen molar-refractivity contribution >= 4 is 30.4 Å². The zero-order chi connectivity index (χ0) is 27.3. The van der Waals surface area contributed by atoms with Crippen LogP contribution in [0.5, 0.6) is 0 Å². The van der Waals surface area contributed by atoms with E-state index in [2.05, 4.69) is 28.7 Å². The second kappa shape index (κ2) is 30.3.